The van der Waals surface area contributed by atoms with Crippen LogP contribution in [-0.2, 0) is 10.0 Å². The molecular formula is C16H30N2O2S. The molecule has 0 aromatic carbocycles. The first-order valence-electron chi connectivity index (χ1n) is 8.81. The first-order chi connectivity index (χ1) is 10.1. The van der Waals surface area contributed by atoms with Crippen molar-refractivity contribution < 1.29 is 8.42 Å². The summed E-state index contributed by atoms with van der Waals surface area (Å²) >= 11 is 0. The minimum atomic E-state index is -3.02. The van der Waals surface area contributed by atoms with Crippen LogP contribution in [0.2, 0.25) is 0 Å². The lowest BCUT2D eigenvalue weighted by Gasteiger charge is -2.43. The number of piperidine rings is 1. The smallest absolute Gasteiger partial charge is 0.214 e. The van der Waals surface area contributed by atoms with Gasteiger partial charge in [-0.3, -0.25) is 0 Å². The van der Waals surface area contributed by atoms with Gasteiger partial charge >= 0.3 is 0 Å². The van der Waals surface area contributed by atoms with Crippen LogP contribution in [0.15, 0.2) is 0 Å². The van der Waals surface area contributed by atoms with Crippen molar-refractivity contribution in [2.45, 2.75) is 70.3 Å². The number of nitrogens with one attached hydrogen (secondary N) is 1. The van der Waals surface area contributed by atoms with E-state index in [-0.39, 0.29) is 0 Å². The number of sulfonamides is 1. The van der Waals surface area contributed by atoms with Gasteiger partial charge in [0.25, 0.3) is 0 Å². The van der Waals surface area contributed by atoms with Crippen molar-refractivity contribution in [2.75, 3.05) is 25.4 Å². The molecule has 1 N–H and O–H groups in total. The molecule has 1 heterocycles. The first kappa shape index (κ1) is 15.8. The van der Waals surface area contributed by atoms with Gasteiger partial charge in [-0.15, -0.1) is 0 Å². The summed E-state index contributed by atoms with van der Waals surface area (Å²) in [6.07, 6.45) is 12.2. The topological polar surface area (TPSA) is 49.4 Å². The van der Waals surface area contributed by atoms with E-state index in [4.69, 9.17) is 0 Å². The van der Waals surface area contributed by atoms with E-state index in [9.17, 15) is 8.42 Å². The molecule has 1 saturated heterocycles. The van der Waals surface area contributed by atoms with Gasteiger partial charge in [0.05, 0.1) is 5.75 Å². The zero-order valence-corrected chi connectivity index (χ0v) is 14.0. The molecule has 2 saturated carbocycles. The molecule has 3 aliphatic rings. The van der Waals surface area contributed by atoms with Gasteiger partial charge in [0.2, 0.25) is 10.0 Å². The highest BCUT2D eigenvalue weighted by atomic mass is 32.2. The Morgan fingerprint density at radius 1 is 1.00 bits per heavy atom. The number of nitrogens with zero attached hydrogens (tertiary/aromatic N) is 1. The van der Waals surface area contributed by atoms with Crippen LogP contribution >= 0.6 is 0 Å². The van der Waals surface area contributed by atoms with Crippen LogP contribution in [0, 0.1) is 5.41 Å². The molecule has 1 spiro atoms. The average molecular weight is 314 g/mol. The Balaban J connectivity index is 1.43. The molecule has 3 rings (SSSR count). The molecule has 0 bridgehead atoms. The molecule has 1 aliphatic heterocycles. The SMILES string of the molecule is O=S(=O)(CCCNC1CC1)N1CCC2(CCCCC2)CC1. The van der Waals surface area contributed by atoms with Crippen molar-refractivity contribution in [1.82, 2.24) is 9.62 Å². The van der Waals surface area contributed by atoms with E-state index in [1.165, 1.54) is 44.9 Å². The van der Waals surface area contributed by atoms with E-state index >= 15 is 0 Å². The fourth-order valence-electron chi connectivity index (χ4n) is 4.02. The van der Waals surface area contributed by atoms with Crippen LogP contribution in [0.1, 0.15) is 64.2 Å². The van der Waals surface area contributed by atoms with Crippen LogP contribution in [0.25, 0.3) is 0 Å². The molecular weight excluding hydrogens is 284 g/mol. The zero-order valence-electron chi connectivity index (χ0n) is 13.1. The summed E-state index contributed by atoms with van der Waals surface area (Å²) < 4.78 is 26.6. The molecule has 122 valence electrons. The van der Waals surface area contributed by atoms with Gasteiger partial charge in [0.1, 0.15) is 0 Å². The number of hydrogen-bond acceptors (Lipinski definition) is 3. The Morgan fingerprint density at radius 3 is 2.29 bits per heavy atom. The predicted octanol–water partition coefficient (Wildman–Crippen LogP) is 2.50. The largest absolute Gasteiger partial charge is 0.314 e. The standard InChI is InChI=1S/C16H30N2O2S/c19-21(20,14-4-11-17-15-5-6-15)18-12-9-16(10-13-18)7-2-1-3-8-16/h15,17H,1-14H2. The minimum Gasteiger partial charge on any atom is -0.314 e. The molecule has 5 heteroatoms. The molecule has 3 fully saturated rings. The third kappa shape index (κ3) is 4.20. The van der Waals surface area contributed by atoms with Crippen molar-refractivity contribution in [3.63, 3.8) is 0 Å². The van der Waals surface area contributed by atoms with E-state index in [1.54, 1.807) is 4.31 Å². The molecule has 2 aliphatic carbocycles. The Morgan fingerprint density at radius 2 is 1.67 bits per heavy atom. The maximum absolute atomic E-state index is 12.4. The van der Waals surface area contributed by atoms with Gasteiger partial charge in [0, 0.05) is 19.1 Å². The van der Waals surface area contributed by atoms with Crippen molar-refractivity contribution in [2.24, 2.45) is 5.41 Å². The van der Waals surface area contributed by atoms with E-state index in [1.807, 2.05) is 0 Å². The maximum atomic E-state index is 12.4. The summed E-state index contributed by atoms with van der Waals surface area (Å²) in [5, 5.41) is 3.40. The minimum absolute atomic E-state index is 0.319. The van der Waals surface area contributed by atoms with Gasteiger partial charge in [-0.1, -0.05) is 19.3 Å². The predicted molar refractivity (Wildman–Crippen MR) is 85.8 cm³/mol. The fourth-order valence-corrected chi connectivity index (χ4v) is 5.52. The molecule has 4 nitrogen and oxygen atoms in total. The second kappa shape index (κ2) is 6.55. The summed E-state index contributed by atoms with van der Waals surface area (Å²) in [7, 11) is -3.02. The first-order valence-corrected chi connectivity index (χ1v) is 10.4. The molecule has 0 amide bonds. The lowest BCUT2D eigenvalue weighted by Crippen LogP contribution is -2.44. The molecule has 0 unspecified atom stereocenters. The van der Waals surface area contributed by atoms with E-state index in [0.29, 0.717) is 17.2 Å². The third-order valence-corrected chi connectivity index (χ3v) is 7.64. The molecule has 0 atom stereocenters. The van der Waals surface area contributed by atoms with E-state index < -0.39 is 10.0 Å². The molecule has 0 radical (unpaired) electrons. The Bertz CT molecular complexity index is 429. The van der Waals surface area contributed by atoms with Crippen molar-refractivity contribution in [3.8, 4) is 0 Å². The van der Waals surface area contributed by atoms with Crippen molar-refractivity contribution in [3.05, 3.63) is 0 Å². The molecule has 21 heavy (non-hydrogen) atoms. The number of rotatable bonds is 6. The van der Waals surface area contributed by atoms with Gasteiger partial charge < -0.3 is 5.32 Å². The van der Waals surface area contributed by atoms with Crippen molar-refractivity contribution >= 4 is 10.0 Å². The highest BCUT2D eigenvalue weighted by Crippen LogP contribution is 2.44. The summed E-state index contributed by atoms with van der Waals surface area (Å²) in [6, 6.07) is 0.675. The van der Waals surface area contributed by atoms with E-state index in [2.05, 4.69) is 5.32 Å². The summed E-state index contributed by atoms with van der Waals surface area (Å²) in [5.74, 6) is 0.319. The second-order valence-corrected chi connectivity index (χ2v) is 9.45. The van der Waals surface area contributed by atoms with Crippen LogP contribution < -0.4 is 5.32 Å². The zero-order chi connectivity index (χ0) is 14.8. The van der Waals surface area contributed by atoms with Gasteiger partial charge in [-0.2, -0.15) is 0 Å². The quantitative estimate of drug-likeness (QED) is 0.766. The normalized spacial score (nSPS) is 27.0. The van der Waals surface area contributed by atoms with E-state index in [0.717, 1.165) is 38.9 Å². The Hall–Kier alpha value is -0.130. The van der Waals surface area contributed by atoms with Crippen LogP contribution in [0.4, 0.5) is 0 Å². The summed E-state index contributed by atoms with van der Waals surface area (Å²) in [6.45, 7) is 2.37. The van der Waals surface area contributed by atoms with Crippen LogP contribution in [0.5, 0.6) is 0 Å². The van der Waals surface area contributed by atoms with Crippen LogP contribution in [0.3, 0.4) is 0 Å². The van der Waals surface area contributed by atoms with Gasteiger partial charge in [-0.05, 0) is 56.9 Å². The molecule has 0 aromatic heterocycles. The third-order valence-electron chi connectivity index (χ3n) is 5.68. The summed E-state index contributed by atoms with van der Waals surface area (Å²) in [4.78, 5) is 0. The lowest BCUT2D eigenvalue weighted by atomic mass is 9.68. The lowest BCUT2D eigenvalue weighted by molar-refractivity contribution is 0.102. The fraction of sp³-hybridized carbons (Fsp3) is 1.00. The number of hydrogen-bond donors (Lipinski definition) is 1. The monoisotopic (exact) mass is 314 g/mol. The van der Waals surface area contributed by atoms with Crippen LogP contribution in [-0.4, -0.2) is 44.2 Å². The average Bonchev–Trinajstić information content (AvgIpc) is 3.29. The highest BCUT2D eigenvalue weighted by molar-refractivity contribution is 7.89. The highest BCUT2D eigenvalue weighted by Gasteiger charge is 2.38. The van der Waals surface area contributed by atoms with Gasteiger partial charge in [0.15, 0.2) is 0 Å². The second-order valence-electron chi connectivity index (χ2n) is 7.36. The summed E-state index contributed by atoms with van der Waals surface area (Å²) in [5.41, 5.74) is 0.484. The Kier molecular flexibility index (Phi) is 4.91. The van der Waals surface area contributed by atoms with Gasteiger partial charge in [-0.25, -0.2) is 12.7 Å². The Labute approximate surface area is 129 Å². The van der Waals surface area contributed by atoms with Crippen molar-refractivity contribution in [1.29, 1.82) is 0 Å². The maximum Gasteiger partial charge on any atom is 0.214 e. The molecule has 0 aromatic rings.